The Kier molecular flexibility index (Phi) is 5.07. The Bertz CT molecular complexity index is 317. The van der Waals surface area contributed by atoms with Crippen LogP contribution in [0.25, 0.3) is 0 Å². The molecule has 2 unspecified atom stereocenters. The summed E-state index contributed by atoms with van der Waals surface area (Å²) in [6.45, 7) is 11.9. The number of rotatable bonds is 6. The van der Waals surface area contributed by atoms with Gasteiger partial charge >= 0.3 is 0 Å². The van der Waals surface area contributed by atoms with E-state index in [-0.39, 0.29) is 0 Å². The molecule has 0 aliphatic rings. The van der Waals surface area contributed by atoms with E-state index in [1.54, 1.807) is 0 Å². The van der Waals surface area contributed by atoms with Crippen LogP contribution in [0.15, 0.2) is 10.5 Å². The minimum absolute atomic E-state index is 0.433. The monoisotopic (exact) mass is 223 g/mol. The van der Waals surface area contributed by atoms with Crippen molar-refractivity contribution in [2.24, 2.45) is 5.92 Å². The minimum atomic E-state index is 0.433. The van der Waals surface area contributed by atoms with E-state index in [0.29, 0.717) is 12.0 Å². The van der Waals surface area contributed by atoms with Crippen molar-refractivity contribution in [3.05, 3.63) is 23.2 Å². The summed E-state index contributed by atoms with van der Waals surface area (Å²) < 4.78 is 5.63. The molecule has 0 aromatic carbocycles. The molecule has 1 rings (SSSR count). The second-order valence-corrected chi connectivity index (χ2v) is 4.69. The van der Waals surface area contributed by atoms with Crippen molar-refractivity contribution in [1.82, 2.24) is 5.32 Å². The van der Waals surface area contributed by atoms with Crippen LogP contribution in [0.1, 0.15) is 56.7 Å². The van der Waals surface area contributed by atoms with Gasteiger partial charge in [-0.1, -0.05) is 27.2 Å². The molecule has 16 heavy (non-hydrogen) atoms. The van der Waals surface area contributed by atoms with Crippen molar-refractivity contribution in [3.63, 3.8) is 0 Å². The van der Waals surface area contributed by atoms with Gasteiger partial charge in [0.15, 0.2) is 0 Å². The van der Waals surface area contributed by atoms with E-state index in [0.717, 1.165) is 18.1 Å². The van der Waals surface area contributed by atoms with Crippen LogP contribution in [0.3, 0.4) is 0 Å². The van der Waals surface area contributed by atoms with Gasteiger partial charge in [0.05, 0.1) is 0 Å². The fourth-order valence-electron chi connectivity index (χ4n) is 2.11. The summed E-state index contributed by atoms with van der Waals surface area (Å²) in [6.07, 6.45) is 2.36. The van der Waals surface area contributed by atoms with Gasteiger partial charge in [-0.2, -0.15) is 0 Å². The lowest BCUT2D eigenvalue weighted by Gasteiger charge is -2.24. The Balaban J connectivity index is 2.86. The quantitative estimate of drug-likeness (QED) is 0.789. The number of aryl methyl sites for hydroxylation is 2. The molecule has 0 bridgehead atoms. The zero-order valence-electron chi connectivity index (χ0n) is 11.3. The standard InChI is InChI=1S/C14H25NO/c1-6-8-15-14(10(3)7-2)13-9-11(4)16-12(13)5/h9-10,14-15H,6-8H2,1-5H3. The molecule has 1 aromatic rings. The van der Waals surface area contributed by atoms with Crippen LogP contribution < -0.4 is 5.32 Å². The fraction of sp³-hybridized carbons (Fsp3) is 0.714. The Hall–Kier alpha value is -0.760. The van der Waals surface area contributed by atoms with Gasteiger partial charge in [0, 0.05) is 11.6 Å². The first-order valence-corrected chi connectivity index (χ1v) is 6.40. The van der Waals surface area contributed by atoms with Gasteiger partial charge in [0.25, 0.3) is 0 Å². The highest BCUT2D eigenvalue weighted by atomic mass is 16.3. The summed E-state index contributed by atoms with van der Waals surface area (Å²) >= 11 is 0. The highest BCUT2D eigenvalue weighted by Crippen LogP contribution is 2.29. The molecule has 0 saturated heterocycles. The zero-order chi connectivity index (χ0) is 12.1. The first kappa shape index (κ1) is 13.3. The molecule has 0 spiro atoms. The Labute approximate surface area is 99.4 Å². The molecule has 1 N–H and O–H groups in total. The molecule has 0 amide bonds. The Morgan fingerprint density at radius 2 is 2.00 bits per heavy atom. The lowest BCUT2D eigenvalue weighted by atomic mass is 9.92. The highest BCUT2D eigenvalue weighted by molar-refractivity contribution is 5.24. The molecule has 0 aliphatic carbocycles. The molecule has 1 heterocycles. The number of furan rings is 1. The molecule has 2 heteroatoms. The SMILES string of the molecule is CCCNC(c1cc(C)oc1C)C(C)CC. The minimum Gasteiger partial charge on any atom is -0.466 e. The first-order valence-electron chi connectivity index (χ1n) is 6.40. The molecule has 1 aromatic heterocycles. The molecule has 0 aliphatic heterocycles. The summed E-state index contributed by atoms with van der Waals surface area (Å²) in [6, 6.07) is 2.61. The molecular weight excluding hydrogens is 198 g/mol. The molecule has 2 nitrogen and oxygen atoms in total. The molecule has 0 fully saturated rings. The number of hydrogen-bond donors (Lipinski definition) is 1. The van der Waals surface area contributed by atoms with Crippen LogP contribution in [0.2, 0.25) is 0 Å². The van der Waals surface area contributed by atoms with Crippen LogP contribution in [-0.2, 0) is 0 Å². The normalized spacial score (nSPS) is 15.1. The van der Waals surface area contributed by atoms with Gasteiger partial charge in [-0.05, 0) is 38.8 Å². The van der Waals surface area contributed by atoms with Crippen LogP contribution in [-0.4, -0.2) is 6.54 Å². The van der Waals surface area contributed by atoms with Crippen LogP contribution >= 0.6 is 0 Å². The number of nitrogens with one attached hydrogen (secondary N) is 1. The predicted octanol–water partition coefficient (Wildman–Crippen LogP) is 3.98. The van der Waals surface area contributed by atoms with E-state index in [9.17, 15) is 0 Å². The van der Waals surface area contributed by atoms with Gasteiger partial charge in [0.2, 0.25) is 0 Å². The fourth-order valence-corrected chi connectivity index (χ4v) is 2.11. The first-order chi connectivity index (χ1) is 7.60. The van der Waals surface area contributed by atoms with E-state index in [4.69, 9.17) is 4.42 Å². The largest absolute Gasteiger partial charge is 0.466 e. The van der Waals surface area contributed by atoms with E-state index >= 15 is 0 Å². The van der Waals surface area contributed by atoms with E-state index in [1.165, 1.54) is 18.4 Å². The summed E-state index contributed by atoms with van der Waals surface area (Å²) in [4.78, 5) is 0. The van der Waals surface area contributed by atoms with Crippen molar-refractivity contribution in [2.45, 2.75) is 53.5 Å². The third-order valence-electron chi connectivity index (χ3n) is 3.24. The molecule has 0 saturated carbocycles. The zero-order valence-corrected chi connectivity index (χ0v) is 11.3. The van der Waals surface area contributed by atoms with Gasteiger partial charge < -0.3 is 9.73 Å². The third kappa shape index (κ3) is 3.11. The smallest absolute Gasteiger partial charge is 0.105 e. The van der Waals surface area contributed by atoms with Gasteiger partial charge in [-0.15, -0.1) is 0 Å². The van der Waals surface area contributed by atoms with Crippen molar-refractivity contribution >= 4 is 0 Å². The van der Waals surface area contributed by atoms with Crippen molar-refractivity contribution in [3.8, 4) is 0 Å². The second kappa shape index (κ2) is 6.09. The Morgan fingerprint density at radius 1 is 1.31 bits per heavy atom. The van der Waals surface area contributed by atoms with Gasteiger partial charge in [-0.3, -0.25) is 0 Å². The van der Waals surface area contributed by atoms with Crippen molar-refractivity contribution in [1.29, 1.82) is 0 Å². The van der Waals surface area contributed by atoms with E-state index in [1.807, 2.05) is 6.92 Å². The average molecular weight is 223 g/mol. The van der Waals surface area contributed by atoms with E-state index in [2.05, 4.69) is 39.1 Å². The van der Waals surface area contributed by atoms with Crippen molar-refractivity contribution in [2.75, 3.05) is 6.54 Å². The van der Waals surface area contributed by atoms with Crippen LogP contribution in [0.5, 0.6) is 0 Å². The maximum Gasteiger partial charge on any atom is 0.105 e. The molecule has 2 atom stereocenters. The summed E-state index contributed by atoms with van der Waals surface area (Å²) in [7, 11) is 0. The maximum atomic E-state index is 5.63. The third-order valence-corrected chi connectivity index (χ3v) is 3.24. The van der Waals surface area contributed by atoms with Gasteiger partial charge in [0.1, 0.15) is 11.5 Å². The maximum absolute atomic E-state index is 5.63. The Morgan fingerprint density at radius 3 is 2.44 bits per heavy atom. The molecule has 0 radical (unpaired) electrons. The highest BCUT2D eigenvalue weighted by Gasteiger charge is 2.21. The number of hydrogen-bond acceptors (Lipinski definition) is 2. The predicted molar refractivity (Wildman–Crippen MR) is 68.7 cm³/mol. The summed E-state index contributed by atoms with van der Waals surface area (Å²) in [5.41, 5.74) is 1.33. The van der Waals surface area contributed by atoms with E-state index < -0.39 is 0 Å². The molecular formula is C14H25NO. The summed E-state index contributed by atoms with van der Waals surface area (Å²) in [5.74, 6) is 2.72. The lowest BCUT2D eigenvalue weighted by molar-refractivity contribution is 0.370. The van der Waals surface area contributed by atoms with Crippen molar-refractivity contribution < 1.29 is 4.42 Å². The topological polar surface area (TPSA) is 25.2 Å². The summed E-state index contributed by atoms with van der Waals surface area (Å²) in [5, 5.41) is 3.63. The average Bonchev–Trinajstić information content (AvgIpc) is 2.58. The second-order valence-electron chi connectivity index (χ2n) is 4.69. The van der Waals surface area contributed by atoms with Crippen LogP contribution in [0, 0.1) is 19.8 Å². The van der Waals surface area contributed by atoms with Gasteiger partial charge in [-0.25, -0.2) is 0 Å². The van der Waals surface area contributed by atoms with Crippen LogP contribution in [0.4, 0.5) is 0 Å². The lowest BCUT2D eigenvalue weighted by Crippen LogP contribution is -2.27. The molecule has 92 valence electrons.